The van der Waals surface area contributed by atoms with Gasteiger partial charge in [-0.15, -0.1) is 18.3 Å². The van der Waals surface area contributed by atoms with Crippen LogP contribution in [0.5, 0.6) is 0 Å². The zero-order valence-corrected chi connectivity index (χ0v) is 25.0. The number of rotatable bonds is 14. The average molecular weight is 581 g/mol. The van der Waals surface area contributed by atoms with E-state index in [4.69, 9.17) is 18.9 Å². The normalized spacial score (nSPS) is 22.1. The molecule has 5 heteroatoms. The topological polar surface area (TPSA) is 36.9 Å². The molecule has 0 saturated carbocycles. The molecule has 0 bridgehead atoms. The van der Waals surface area contributed by atoms with Crippen LogP contribution in [0.15, 0.2) is 133 Å². The third-order valence-corrected chi connectivity index (χ3v) is 8.77. The monoisotopic (exact) mass is 580 g/mol. The highest BCUT2D eigenvalue weighted by Gasteiger charge is 2.47. The number of ether oxygens (including phenoxy) is 4. The lowest BCUT2D eigenvalue weighted by Gasteiger charge is -2.46. The molecule has 0 spiro atoms. The fraction of sp³-hybridized carbons (Fsp3) is 0.297. The molecule has 4 aromatic rings. The smallest absolute Gasteiger partial charge is 0.114 e. The molecule has 1 fully saturated rings. The molecule has 0 amide bonds. The van der Waals surface area contributed by atoms with E-state index >= 15 is 0 Å². The first-order valence-corrected chi connectivity index (χ1v) is 15.5. The highest BCUT2D eigenvalue weighted by atomic mass is 32.2. The maximum atomic E-state index is 6.83. The SMILES string of the molecule is C=CC[C@@H]1O[C@H](COCc2ccccc2)[C@H](OCc2ccccc2)[C@H](OCc2ccccc2)[C@H]1Sc1ccc(C)cc1. The molecule has 0 unspecified atom stereocenters. The Bertz CT molecular complexity index is 1330. The van der Waals surface area contributed by atoms with Gasteiger partial charge in [0, 0.05) is 4.90 Å². The van der Waals surface area contributed by atoms with Gasteiger partial charge in [0.15, 0.2) is 0 Å². The van der Waals surface area contributed by atoms with E-state index < -0.39 is 0 Å². The van der Waals surface area contributed by atoms with Gasteiger partial charge < -0.3 is 18.9 Å². The van der Waals surface area contributed by atoms with E-state index in [1.807, 2.05) is 60.7 Å². The van der Waals surface area contributed by atoms with Crippen molar-refractivity contribution >= 4 is 11.8 Å². The minimum atomic E-state index is -0.339. The predicted molar refractivity (Wildman–Crippen MR) is 170 cm³/mol. The van der Waals surface area contributed by atoms with Crippen LogP contribution in [0.25, 0.3) is 0 Å². The van der Waals surface area contributed by atoms with Gasteiger partial charge in [-0.3, -0.25) is 0 Å². The second-order valence-corrected chi connectivity index (χ2v) is 11.9. The van der Waals surface area contributed by atoms with Crippen LogP contribution in [-0.4, -0.2) is 36.3 Å². The van der Waals surface area contributed by atoms with Crippen LogP contribution in [0.1, 0.15) is 28.7 Å². The van der Waals surface area contributed by atoms with Gasteiger partial charge in [0.05, 0.1) is 37.8 Å². The summed E-state index contributed by atoms with van der Waals surface area (Å²) in [7, 11) is 0. The lowest BCUT2D eigenvalue weighted by molar-refractivity contribution is -0.216. The first-order chi connectivity index (χ1) is 20.7. The van der Waals surface area contributed by atoms with Crippen LogP contribution in [0.4, 0.5) is 0 Å². The van der Waals surface area contributed by atoms with Gasteiger partial charge in [-0.05, 0) is 42.2 Å². The molecule has 1 saturated heterocycles. The summed E-state index contributed by atoms with van der Waals surface area (Å²) in [5, 5.41) is -0.0134. The van der Waals surface area contributed by atoms with Gasteiger partial charge in [0.2, 0.25) is 0 Å². The Hall–Kier alpha value is -3.19. The molecule has 1 aliphatic heterocycles. The van der Waals surface area contributed by atoms with Crippen LogP contribution in [-0.2, 0) is 38.8 Å². The van der Waals surface area contributed by atoms with E-state index in [0.29, 0.717) is 32.8 Å². The molecule has 42 heavy (non-hydrogen) atoms. The van der Waals surface area contributed by atoms with Crippen LogP contribution in [0, 0.1) is 6.92 Å². The highest BCUT2D eigenvalue weighted by Crippen LogP contribution is 2.39. The van der Waals surface area contributed by atoms with Crippen molar-refractivity contribution < 1.29 is 18.9 Å². The van der Waals surface area contributed by atoms with E-state index in [1.165, 1.54) is 10.5 Å². The fourth-order valence-electron chi connectivity index (χ4n) is 5.19. The molecular formula is C37H40O4S. The summed E-state index contributed by atoms with van der Waals surface area (Å²) in [6.45, 7) is 8.02. The van der Waals surface area contributed by atoms with Crippen LogP contribution >= 0.6 is 11.8 Å². The number of thioether (sulfide) groups is 1. The zero-order chi connectivity index (χ0) is 29.0. The minimum absolute atomic E-state index is 0.0134. The Balaban J connectivity index is 1.43. The summed E-state index contributed by atoms with van der Waals surface area (Å²) in [6, 6.07) is 39.5. The summed E-state index contributed by atoms with van der Waals surface area (Å²) in [5.74, 6) is 0. The van der Waals surface area contributed by atoms with E-state index in [-0.39, 0.29) is 29.7 Å². The van der Waals surface area contributed by atoms with Crippen molar-refractivity contribution in [3.8, 4) is 0 Å². The van der Waals surface area contributed by atoms with Gasteiger partial charge in [-0.25, -0.2) is 0 Å². The van der Waals surface area contributed by atoms with Crippen molar-refractivity contribution in [2.75, 3.05) is 6.61 Å². The van der Waals surface area contributed by atoms with Gasteiger partial charge in [0.25, 0.3) is 0 Å². The molecule has 218 valence electrons. The molecule has 0 N–H and O–H groups in total. The maximum Gasteiger partial charge on any atom is 0.114 e. The second-order valence-electron chi connectivity index (χ2n) is 10.7. The Morgan fingerprint density at radius 1 is 0.667 bits per heavy atom. The zero-order valence-electron chi connectivity index (χ0n) is 24.2. The van der Waals surface area contributed by atoms with Crippen molar-refractivity contribution in [1.29, 1.82) is 0 Å². The largest absolute Gasteiger partial charge is 0.374 e. The van der Waals surface area contributed by atoms with E-state index in [1.54, 1.807) is 11.8 Å². The first-order valence-electron chi connectivity index (χ1n) is 14.6. The Labute approximate surface area is 254 Å². The van der Waals surface area contributed by atoms with Crippen molar-refractivity contribution in [2.24, 2.45) is 0 Å². The van der Waals surface area contributed by atoms with Crippen LogP contribution < -0.4 is 0 Å². The second kappa shape index (κ2) is 15.9. The van der Waals surface area contributed by atoms with Gasteiger partial charge in [-0.2, -0.15) is 0 Å². The van der Waals surface area contributed by atoms with Gasteiger partial charge in [-0.1, -0.05) is 115 Å². The summed E-state index contributed by atoms with van der Waals surface area (Å²) in [6.07, 6.45) is 1.64. The summed E-state index contributed by atoms with van der Waals surface area (Å²) in [4.78, 5) is 1.18. The highest BCUT2D eigenvalue weighted by molar-refractivity contribution is 8.00. The molecule has 5 atom stereocenters. The molecule has 0 aliphatic carbocycles. The molecule has 0 aromatic heterocycles. The lowest BCUT2D eigenvalue weighted by atomic mass is 9.95. The summed E-state index contributed by atoms with van der Waals surface area (Å²) >= 11 is 1.79. The van der Waals surface area contributed by atoms with E-state index in [2.05, 4.69) is 74.2 Å². The Kier molecular flexibility index (Phi) is 11.4. The number of aryl methyl sites for hydroxylation is 1. The quantitative estimate of drug-likeness (QED) is 0.141. The van der Waals surface area contributed by atoms with E-state index in [0.717, 1.165) is 16.7 Å². The van der Waals surface area contributed by atoms with Crippen molar-refractivity contribution in [2.45, 2.75) is 67.7 Å². The Morgan fingerprint density at radius 2 is 1.19 bits per heavy atom. The molecule has 5 rings (SSSR count). The number of benzene rings is 4. The van der Waals surface area contributed by atoms with Crippen molar-refractivity contribution in [1.82, 2.24) is 0 Å². The fourth-order valence-corrected chi connectivity index (χ4v) is 6.49. The third-order valence-electron chi connectivity index (χ3n) is 7.39. The third kappa shape index (κ3) is 8.66. The number of hydrogen-bond acceptors (Lipinski definition) is 5. The predicted octanol–water partition coefficient (Wildman–Crippen LogP) is 8.19. The Morgan fingerprint density at radius 3 is 1.74 bits per heavy atom. The molecule has 4 aromatic carbocycles. The first kappa shape index (κ1) is 30.3. The maximum absolute atomic E-state index is 6.83. The molecule has 4 nitrogen and oxygen atoms in total. The lowest BCUT2D eigenvalue weighted by Crippen LogP contribution is -2.59. The van der Waals surface area contributed by atoms with Gasteiger partial charge in [0.1, 0.15) is 18.3 Å². The number of hydrogen-bond donors (Lipinski definition) is 0. The molecule has 0 radical (unpaired) electrons. The summed E-state index contributed by atoms with van der Waals surface area (Å²) in [5.41, 5.74) is 4.60. The molecule has 1 heterocycles. The van der Waals surface area contributed by atoms with E-state index in [9.17, 15) is 0 Å². The standard InChI is InChI=1S/C37H40O4S/c1-3-13-33-37(42-32-22-20-28(2)21-23-32)36(40-26-31-18-11-6-12-19-31)35(39-25-30-16-9-5-10-17-30)34(41-33)27-38-24-29-14-7-4-8-15-29/h3-12,14-23,33-37H,1,13,24-27H2,2H3/t33-,34+,35-,36-,37-/m0/s1. The molecule has 1 aliphatic rings. The van der Waals surface area contributed by atoms with Crippen molar-refractivity contribution in [3.05, 3.63) is 150 Å². The molecular weight excluding hydrogens is 540 g/mol. The van der Waals surface area contributed by atoms with Crippen LogP contribution in [0.2, 0.25) is 0 Å². The minimum Gasteiger partial charge on any atom is -0.374 e. The summed E-state index contributed by atoms with van der Waals surface area (Å²) < 4.78 is 26.7. The van der Waals surface area contributed by atoms with Crippen LogP contribution in [0.3, 0.4) is 0 Å². The van der Waals surface area contributed by atoms with Crippen molar-refractivity contribution in [3.63, 3.8) is 0 Å². The average Bonchev–Trinajstić information content (AvgIpc) is 3.03. The van der Waals surface area contributed by atoms with Gasteiger partial charge >= 0.3 is 0 Å².